The van der Waals surface area contributed by atoms with Gasteiger partial charge in [-0.2, -0.15) is 0 Å². The van der Waals surface area contributed by atoms with Gasteiger partial charge in [-0.15, -0.1) is 0 Å². The number of hydrogen-bond donors (Lipinski definition) is 1. The summed E-state index contributed by atoms with van der Waals surface area (Å²) in [6.45, 7) is 4.66. The van der Waals surface area contributed by atoms with E-state index >= 15 is 0 Å². The van der Waals surface area contributed by atoms with Gasteiger partial charge in [0.25, 0.3) is 5.91 Å². The number of likely N-dealkylation sites (N-methyl/N-ethyl adjacent to an activating group) is 1. The fraction of sp³-hybridized carbons (Fsp3) is 0.438. The molecule has 0 aliphatic carbocycles. The molecule has 0 spiro atoms. The van der Waals surface area contributed by atoms with Crippen LogP contribution in [0.2, 0.25) is 0 Å². The molecule has 1 amide bonds. The van der Waals surface area contributed by atoms with Crippen molar-refractivity contribution in [3.05, 3.63) is 36.2 Å². The van der Waals surface area contributed by atoms with Crippen LogP contribution in [0, 0.1) is 0 Å². The molecule has 1 aliphatic rings. The second-order valence-electron chi connectivity index (χ2n) is 5.41. The van der Waals surface area contributed by atoms with E-state index < -0.39 is 0 Å². The number of fused-ring (bicyclic) bond motifs is 1. The molecule has 2 aromatic rings. The predicted octanol–water partition coefficient (Wildman–Crippen LogP) is 1.84. The van der Waals surface area contributed by atoms with E-state index in [0.717, 1.165) is 43.5 Å². The van der Waals surface area contributed by atoms with Gasteiger partial charge in [-0.1, -0.05) is 6.92 Å². The van der Waals surface area contributed by atoms with Crippen molar-refractivity contribution >= 4 is 16.9 Å². The van der Waals surface area contributed by atoms with Crippen LogP contribution in [0.3, 0.4) is 0 Å². The van der Waals surface area contributed by atoms with Gasteiger partial charge in [0.05, 0.1) is 11.0 Å². The number of carbonyl (C=O) groups is 1. The standard InChI is InChI=1S/C16H20N4O/c1-2-17-13-4-3-9-20(11-13)16(21)12-5-6-14-15(10-12)19-8-7-18-14/h5-8,10,13,17H,2-4,9,11H2,1H3. The van der Waals surface area contributed by atoms with Crippen LogP contribution in [-0.4, -0.2) is 46.5 Å². The minimum absolute atomic E-state index is 0.0881. The van der Waals surface area contributed by atoms with Gasteiger partial charge in [0, 0.05) is 37.1 Å². The van der Waals surface area contributed by atoms with Crippen molar-refractivity contribution in [2.75, 3.05) is 19.6 Å². The molecule has 1 atom stereocenters. The summed E-state index contributed by atoms with van der Waals surface area (Å²) in [7, 11) is 0. The molecule has 0 bridgehead atoms. The average molecular weight is 284 g/mol. The Labute approximate surface area is 124 Å². The van der Waals surface area contributed by atoms with E-state index in [2.05, 4.69) is 22.2 Å². The Balaban J connectivity index is 1.79. The van der Waals surface area contributed by atoms with Gasteiger partial charge in [-0.05, 0) is 37.6 Å². The van der Waals surface area contributed by atoms with Gasteiger partial charge in [0.2, 0.25) is 0 Å². The monoisotopic (exact) mass is 284 g/mol. The van der Waals surface area contributed by atoms with Crippen LogP contribution in [0.25, 0.3) is 11.0 Å². The van der Waals surface area contributed by atoms with Gasteiger partial charge >= 0.3 is 0 Å². The van der Waals surface area contributed by atoms with Crippen LogP contribution < -0.4 is 5.32 Å². The summed E-state index contributed by atoms with van der Waals surface area (Å²) < 4.78 is 0. The Morgan fingerprint density at radius 3 is 2.95 bits per heavy atom. The SMILES string of the molecule is CCNC1CCCN(C(=O)c2ccc3nccnc3c2)C1. The fourth-order valence-corrected chi connectivity index (χ4v) is 2.90. The molecule has 5 nitrogen and oxygen atoms in total. The molecule has 1 N–H and O–H groups in total. The number of benzene rings is 1. The minimum atomic E-state index is 0.0881. The number of rotatable bonds is 3. The smallest absolute Gasteiger partial charge is 0.253 e. The fourth-order valence-electron chi connectivity index (χ4n) is 2.90. The van der Waals surface area contributed by atoms with E-state index in [4.69, 9.17) is 0 Å². The maximum Gasteiger partial charge on any atom is 0.253 e. The lowest BCUT2D eigenvalue weighted by atomic mass is 10.0. The highest BCUT2D eigenvalue weighted by Crippen LogP contribution is 2.16. The number of hydrogen-bond acceptors (Lipinski definition) is 4. The summed E-state index contributed by atoms with van der Waals surface area (Å²) in [5, 5.41) is 3.43. The molecule has 0 radical (unpaired) electrons. The largest absolute Gasteiger partial charge is 0.337 e. The van der Waals surface area contributed by atoms with Crippen LogP contribution in [0.15, 0.2) is 30.6 Å². The molecular weight excluding hydrogens is 264 g/mol. The van der Waals surface area contributed by atoms with Gasteiger partial charge in [-0.25, -0.2) is 0 Å². The van der Waals surface area contributed by atoms with Crippen molar-refractivity contribution < 1.29 is 4.79 Å². The number of nitrogens with zero attached hydrogens (tertiary/aromatic N) is 3. The number of carbonyl (C=O) groups excluding carboxylic acids is 1. The quantitative estimate of drug-likeness (QED) is 0.934. The predicted molar refractivity (Wildman–Crippen MR) is 82.1 cm³/mol. The lowest BCUT2D eigenvalue weighted by Gasteiger charge is -2.33. The number of piperidine rings is 1. The molecular formula is C16H20N4O. The molecule has 1 aliphatic heterocycles. The van der Waals surface area contributed by atoms with Gasteiger partial charge in [0.1, 0.15) is 0 Å². The van der Waals surface area contributed by atoms with E-state index in [9.17, 15) is 4.79 Å². The van der Waals surface area contributed by atoms with Crippen LogP contribution in [0.4, 0.5) is 0 Å². The van der Waals surface area contributed by atoms with Crippen molar-refractivity contribution in [3.8, 4) is 0 Å². The molecule has 3 rings (SSSR count). The summed E-state index contributed by atoms with van der Waals surface area (Å²) in [4.78, 5) is 23.1. The molecule has 1 aromatic carbocycles. The van der Waals surface area contributed by atoms with E-state index in [1.54, 1.807) is 12.4 Å². The number of likely N-dealkylation sites (tertiary alicyclic amines) is 1. The molecule has 1 fully saturated rings. The Morgan fingerprint density at radius 2 is 2.14 bits per heavy atom. The van der Waals surface area contributed by atoms with E-state index in [-0.39, 0.29) is 5.91 Å². The zero-order chi connectivity index (χ0) is 14.7. The third kappa shape index (κ3) is 3.03. The van der Waals surface area contributed by atoms with Crippen LogP contribution in [0.1, 0.15) is 30.1 Å². The van der Waals surface area contributed by atoms with E-state index in [1.807, 2.05) is 23.1 Å². The highest BCUT2D eigenvalue weighted by molar-refractivity contribution is 5.97. The normalized spacial score (nSPS) is 18.9. The summed E-state index contributed by atoms with van der Waals surface area (Å²) in [6.07, 6.45) is 5.51. The zero-order valence-electron chi connectivity index (χ0n) is 12.2. The Morgan fingerprint density at radius 1 is 1.33 bits per heavy atom. The second-order valence-corrected chi connectivity index (χ2v) is 5.41. The van der Waals surface area contributed by atoms with Crippen LogP contribution in [0.5, 0.6) is 0 Å². The molecule has 110 valence electrons. The van der Waals surface area contributed by atoms with Crippen molar-refractivity contribution in [2.24, 2.45) is 0 Å². The molecule has 1 aromatic heterocycles. The van der Waals surface area contributed by atoms with Crippen molar-refractivity contribution in [1.29, 1.82) is 0 Å². The Hall–Kier alpha value is -2.01. The molecule has 2 heterocycles. The Bertz CT molecular complexity index is 641. The lowest BCUT2D eigenvalue weighted by molar-refractivity contribution is 0.0696. The topological polar surface area (TPSA) is 58.1 Å². The van der Waals surface area contributed by atoms with Gasteiger partial charge < -0.3 is 10.2 Å². The van der Waals surface area contributed by atoms with Crippen molar-refractivity contribution in [3.63, 3.8) is 0 Å². The van der Waals surface area contributed by atoms with Crippen molar-refractivity contribution in [1.82, 2.24) is 20.2 Å². The number of nitrogens with one attached hydrogen (secondary N) is 1. The third-order valence-electron chi connectivity index (χ3n) is 3.92. The molecule has 1 saturated heterocycles. The van der Waals surface area contributed by atoms with E-state index in [1.165, 1.54) is 0 Å². The highest BCUT2D eigenvalue weighted by Gasteiger charge is 2.24. The van der Waals surface area contributed by atoms with Crippen LogP contribution in [-0.2, 0) is 0 Å². The first kappa shape index (κ1) is 13.9. The lowest BCUT2D eigenvalue weighted by Crippen LogP contribution is -2.47. The summed E-state index contributed by atoms with van der Waals surface area (Å²) in [6, 6.07) is 5.95. The highest BCUT2D eigenvalue weighted by atomic mass is 16.2. The maximum absolute atomic E-state index is 12.6. The molecule has 5 heteroatoms. The van der Waals surface area contributed by atoms with Crippen molar-refractivity contribution in [2.45, 2.75) is 25.8 Å². The summed E-state index contributed by atoms with van der Waals surface area (Å²) in [5.41, 5.74) is 2.28. The maximum atomic E-state index is 12.6. The average Bonchev–Trinajstić information content (AvgIpc) is 2.54. The first-order chi connectivity index (χ1) is 10.3. The van der Waals surface area contributed by atoms with Crippen LogP contribution >= 0.6 is 0 Å². The molecule has 0 saturated carbocycles. The summed E-state index contributed by atoms with van der Waals surface area (Å²) >= 11 is 0. The minimum Gasteiger partial charge on any atom is -0.337 e. The summed E-state index contributed by atoms with van der Waals surface area (Å²) in [5.74, 6) is 0.0881. The number of aromatic nitrogens is 2. The van der Waals surface area contributed by atoms with E-state index in [0.29, 0.717) is 11.6 Å². The Kier molecular flexibility index (Phi) is 4.10. The molecule has 21 heavy (non-hydrogen) atoms. The first-order valence-corrected chi connectivity index (χ1v) is 7.51. The van der Waals surface area contributed by atoms with Gasteiger partial charge in [0.15, 0.2) is 0 Å². The number of amides is 1. The third-order valence-corrected chi connectivity index (χ3v) is 3.92. The van der Waals surface area contributed by atoms with Gasteiger partial charge in [-0.3, -0.25) is 14.8 Å². The molecule has 1 unspecified atom stereocenters. The zero-order valence-corrected chi connectivity index (χ0v) is 12.2. The first-order valence-electron chi connectivity index (χ1n) is 7.51. The second kappa shape index (κ2) is 6.18.